The van der Waals surface area contributed by atoms with Crippen molar-refractivity contribution in [3.8, 4) is 10.8 Å². The average molecular weight is 418 g/mol. The molecule has 144 valence electrons. The van der Waals surface area contributed by atoms with Crippen LogP contribution in [-0.4, -0.2) is 22.6 Å². The normalized spacial score (nSPS) is 19.3. The van der Waals surface area contributed by atoms with E-state index in [4.69, 9.17) is 16.1 Å². The fourth-order valence-electron chi connectivity index (χ4n) is 3.91. The van der Waals surface area contributed by atoms with Crippen molar-refractivity contribution in [2.75, 3.05) is 11.4 Å². The van der Waals surface area contributed by atoms with Crippen LogP contribution in [0.25, 0.3) is 10.8 Å². The van der Waals surface area contributed by atoms with Crippen molar-refractivity contribution in [2.45, 2.75) is 38.0 Å². The Morgan fingerprint density at radius 2 is 2.11 bits per heavy atom. The smallest absolute Gasteiger partial charge is 0.268 e. The van der Waals surface area contributed by atoms with Crippen molar-refractivity contribution in [1.82, 2.24) is 10.1 Å². The minimum absolute atomic E-state index is 0.0866. The third-order valence-electron chi connectivity index (χ3n) is 5.34. The number of hydrogen-bond donors (Lipinski definition) is 0. The lowest BCUT2D eigenvalue weighted by molar-refractivity contribution is -0.117. The van der Waals surface area contributed by atoms with Gasteiger partial charge >= 0.3 is 0 Å². The van der Waals surface area contributed by atoms with Crippen LogP contribution in [-0.2, 0) is 17.6 Å². The molecule has 2 aliphatic rings. The molecule has 1 aromatic carbocycles. The van der Waals surface area contributed by atoms with Crippen LogP contribution in [0.5, 0.6) is 0 Å². The van der Waals surface area contributed by atoms with Crippen molar-refractivity contribution < 1.29 is 13.7 Å². The molecule has 1 aliphatic heterocycles. The topological polar surface area (TPSA) is 59.2 Å². The Morgan fingerprint density at radius 3 is 2.93 bits per heavy atom. The van der Waals surface area contributed by atoms with Crippen LogP contribution >= 0.6 is 22.9 Å². The standard InChI is InChI=1S/C20H17ClFN3O2S/c21-14-9-13(22)5-6-15(14)25-10-12(8-18(25)26)19-23-20(27-24-19)17-7-11-3-1-2-4-16(11)28-17/h5-7,9,12H,1-4,8,10H2. The van der Waals surface area contributed by atoms with Crippen LogP contribution in [0.15, 0.2) is 28.8 Å². The van der Waals surface area contributed by atoms with E-state index in [1.54, 1.807) is 16.2 Å². The summed E-state index contributed by atoms with van der Waals surface area (Å²) in [6, 6.07) is 6.19. The minimum atomic E-state index is -0.432. The molecule has 1 atom stereocenters. The first-order valence-corrected chi connectivity index (χ1v) is 10.5. The predicted molar refractivity (Wildman–Crippen MR) is 105 cm³/mol. The van der Waals surface area contributed by atoms with E-state index in [2.05, 4.69) is 16.2 Å². The maximum Gasteiger partial charge on any atom is 0.268 e. The minimum Gasteiger partial charge on any atom is -0.333 e. The van der Waals surface area contributed by atoms with Crippen LogP contribution in [0.1, 0.15) is 41.4 Å². The lowest BCUT2D eigenvalue weighted by Gasteiger charge is -2.17. The van der Waals surface area contributed by atoms with Gasteiger partial charge in [-0.1, -0.05) is 16.8 Å². The van der Waals surface area contributed by atoms with E-state index in [0.29, 0.717) is 23.9 Å². The molecule has 0 radical (unpaired) electrons. The first-order valence-electron chi connectivity index (χ1n) is 9.29. The molecule has 3 aromatic rings. The van der Waals surface area contributed by atoms with Crippen LogP contribution in [0.4, 0.5) is 10.1 Å². The van der Waals surface area contributed by atoms with E-state index in [1.165, 1.54) is 41.5 Å². The van der Waals surface area contributed by atoms with Gasteiger partial charge in [-0.25, -0.2) is 4.39 Å². The Morgan fingerprint density at radius 1 is 1.25 bits per heavy atom. The van der Waals surface area contributed by atoms with Crippen molar-refractivity contribution >= 4 is 34.5 Å². The molecule has 2 aromatic heterocycles. The maximum atomic E-state index is 13.3. The Balaban J connectivity index is 1.38. The van der Waals surface area contributed by atoms with Gasteiger partial charge in [0.1, 0.15) is 5.82 Å². The van der Waals surface area contributed by atoms with E-state index in [-0.39, 0.29) is 23.3 Å². The van der Waals surface area contributed by atoms with Gasteiger partial charge in [-0.2, -0.15) is 4.98 Å². The molecule has 5 nitrogen and oxygen atoms in total. The molecule has 1 unspecified atom stereocenters. The van der Waals surface area contributed by atoms with Gasteiger partial charge in [0, 0.05) is 23.8 Å². The average Bonchev–Trinajstić information content (AvgIpc) is 3.39. The number of amides is 1. The highest BCUT2D eigenvalue weighted by Crippen LogP contribution is 2.38. The van der Waals surface area contributed by atoms with E-state index >= 15 is 0 Å². The number of thiophene rings is 1. The number of aromatic nitrogens is 2. The molecule has 0 N–H and O–H groups in total. The number of anilines is 1. The summed E-state index contributed by atoms with van der Waals surface area (Å²) in [6.07, 6.45) is 4.95. The zero-order valence-corrected chi connectivity index (χ0v) is 16.5. The van der Waals surface area contributed by atoms with Crippen LogP contribution in [0, 0.1) is 5.82 Å². The molecule has 1 aliphatic carbocycles. The first-order chi connectivity index (χ1) is 13.6. The summed E-state index contributed by atoms with van der Waals surface area (Å²) in [4.78, 5) is 21.0. The quantitative estimate of drug-likeness (QED) is 0.602. The summed E-state index contributed by atoms with van der Waals surface area (Å²) in [6.45, 7) is 0.393. The maximum absolute atomic E-state index is 13.3. The summed E-state index contributed by atoms with van der Waals surface area (Å²) in [5.41, 5.74) is 1.89. The van der Waals surface area contributed by atoms with Gasteiger partial charge in [0.15, 0.2) is 5.82 Å². The molecule has 1 fully saturated rings. The van der Waals surface area contributed by atoms with Gasteiger partial charge < -0.3 is 9.42 Å². The van der Waals surface area contributed by atoms with E-state index < -0.39 is 5.82 Å². The van der Waals surface area contributed by atoms with Crippen LogP contribution in [0.3, 0.4) is 0 Å². The Labute approximate surface area is 170 Å². The number of nitrogens with zero attached hydrogens (tertiary/aromatic N) is 3. The van der Waals surface area contributed by atoms with Gasteiger partial charge in [-0.05, 0) is 55.5 Å². The van der Waals surface area contributed by atoms with Crippen LogP contribution in [0.2, 0.25) is 5.02 Å². The van der Waals surface area contributed by atoms with Crippen molar-refractivity contribution in [1.29, 1.82) is 0 Å². The summed E-state index contributed by atoms with van der Waals surface area (Å²) in [7, 11) is 0. The monoisotopic (exact) mass is 417 g/mol. The Bertz CT molecular complexity index is 1040. The van der Waals surface area contributed by atoms with E-state index in [9.17, 15) is 9.18 Å². The number of benzene rings is 1. The molecule has 1 saturated heterocycles. The summed E-state index contributed by atoms with van der Waals surface area (Å²) in [5, 5.41) is 4.34. The highest BCUT2D eigenvalue weighted by molar-refractivity contribution is 7.15. The molecule has 1 amide bonds. The predicted octanol–water partition coefficient (Wildman–Crippen LogP) is 4.99. The summed E-state index contributed by atoms with van der Waals surface area (Å²) < 4.78 is 18.8. The van der Waals surface area contributed by atoms with Gasteiger partial charge in [0.05, 0.1) is 15.6 Å². The number of halogens is 2. The fraction of sp³-hybridized carbons (Fsp3) is 0.350. The number of hydrogen-bond acceptors (Lipinski definition) is 5. The highest BCUT2D eigenvalue weighted by atomic mass is 35.5. The SMILES string of the molecule is O=C1CC(c2noc(-c3cc4c(s3)CCCC4)n2)CN1c1ccc(F)cc1Cl. The summed E-state index contributed by atoms with van der Waals surface area (Å²) >= 11 is 7.84. The number of carbonyl (C=O) groups is 1. The summed E-state index contributed by atoms with van der Waals surface area (Å²) in [5.74, 6) is 0.339. The van der Waals surface area contributed by atoms with Crippen LogP contribution < -0.4 is 4.90 Å². The molecular formula is C20H17ClFN3O2S. The van der Waals surface area contributed by atoms with E-state index in [1.807, 2.05) is 0 Å². The largest absolute Gasteiger partial charge is 0.333 e. The third-order valence-corrected chi connectivity index (χ3v) is 6.87. The third kappa shape index (κ3) is 3.12. The second kappa shape index (κ2) is 6.97. The van der Waals surface area contributed by atoms with Gasteiger partial charge in [0.2, 0.25) is 5.91 Å². The fourth-order valence-corrected chi connectivity index (χ4v) is 5.35. The first kappa shape index (κ1) is 17.8. The van der Waals surface area contributed by atoms with Crippen molar-refractivity contribution in [2.24, 2.45) is 0 Å². The molecule has 0 saturated carbocycles. The van der Waals surface area contributed by atoms with Gasteiger partial charge in [-0.15, -0.1) is 11.3 Å². The molecule has 0 bridgehead atoms. The molecule has 5 rings (SSSR count). The van der Waals surface area contributed by atoms with E-state index in [0.717, 1.165) is 17.7 Å². The molecule has 8 heteroatoms. The number of carbonyl (C=O) groups excluding carboxylic acids is 1. The lowest BCUT2D eigenvalue weighted by Crippen LogP contribution is -2.24. The number of rotatable bonds is 3. The highest BCUT2D eigenvalue weighted by Gasteiger charge is 2.35. The number of aryl methyl sites for hydroxylation is 2. The molecule has 28 heavy (non-hydrogen) atoms. The zero-order chi connectivity index (χ0) is 19.3. The Kier molecular flexibility index (Phi) is 4.44. The second-order valence-corrected chi connectivity index (χ2v) is 8.77. The second-order valence-electron chi connectivity index (χ2n) is 7.23. The molecule has 0 spiro atoms. The van der Waals surface area contributed by atoms with Gasteiger partial charge in [0.25, 0.3) is 5.89 Å². The zero-order valence-electron chi connectivity index (χ0n) is 15.0. The van der Waals surface area contributed by atoms with Gasteiger partial charge in [-0.3, -0.25) is 4.79 Å². The van der Waals surface area contributed by atoms with Crippen molar-refractivity contribution in [3.05, 3.63) is 51.4 Å². The molecular weight excluding hydrogens is 401 g/mol. The molecule has 3 heterocycles. The number of fused-ring (bicyclic) bond motifs is 1. The Hall–Kier alpha value is -2.25. The lowest BCUT2D eigenvalue weighted by atomic mass is 9.99. The van der Waals surface area contributed by atoms with Crippen molar-refractivity contribution in [3.63, 3.8) is 0 Å².